The molecule has 1 fully saturated rings. The van der Waals surface area contributed by atoms with E-state index in [1.54, 1.807) is 36.1 Å². The van der Waals surface area contributed by atoms with Gasteiger partial charge in [0.2, 0.25) is 15.9 Å². The molecule has 1 aliphatic heterocycles. The molecule has 39 heavy (non-hydrogen) atoms. The highest BCUT2D eigenvalue weighted by Gasteiger charge is 2.30. The lowest BCUT2D eigenvalue weighted by Gasteiger charge is -2.15. The minimum absolute atomic E-state index is 0.0573. The van der Waals surface area contributed by atoms with Crippen molar-refractivity contribution in [1.29, 1.82) is 0 Å². The Kier molecular flexibility index (Phi) is 8.47. The molecule has 14 heteroatoms. The number of non-ortho nitro benzene ring substituents is 1. The van der Waals surface area contributed by atoms with Crippen LogP contribution in [0.1, 0.15) is 28.9 Å². The van der Waals surface area contributed by atoms with Gasteiger partial charge < -0.3 is 19.1 Å². The molecule has 0 saturated carbocycles. The number of benzene rings is 2. The van der Waals surface area contributed by atoms with Gasteiger partial charge in [-0.3, -0.25) is 14.9 Å². The second-order valence-electron chi connectivity index (χ2n) is 8.77. The first-order chi connectivity index (χ1) is 18.7. The lowest BCUT2D eigenvalue weighted by Crippen LogP contribution is -2.28. The molecule has 0 spiro atoms. The highest BCUT2D eigenvalue weighted by Crippen LogP contribution is 2.36. The molecule has 0 atom stereocenters. The maximum absolute atomic E-state index is 13.3. The number of hydrogen-bond acceptors (Lipinski definition) is 9. The van der Waals surface area contributed by atoms with E-state index in [-0.39, 0.29) is 36.4 Å². The summed E-state index contributed by atoms with van der Waals surface area (Å²) in [7, 11) is -1.29. The van der Waals surface area contributed by atoms with Gasteiger partial charge in [-0.1, -0.05) is 0 Å². The molecule has 0 unspecified atom stereocenters. The highest BCUT2D eigenvalue weighted by atomic mass is 32.2. The van der Waals surface area contributed by atoms with Gasteiger partial charge in [0.15, 0.2) is 5.69 Å². The summed E-state index contributed by atoms with van der Waals surface area (Å²) < 4.78 is 46.3. The Balaban J connectivity index is 1.83. The second kappa shape index (κ2) is 11.8. The van der Waals surface area contributed by atoms with Crippen LogP contribution in [0, 0.1) is 17.0 Å². The zero-order chi connectivity index (χ0) is 28.2. The summed E-state index contributed by atoms with van der Waals surface area (Å²) in [5, 5.41) is 16.0. The largest absolute Gasteiger partial charge is 0.497 e. The quantitative estimate of drug-likeness (QED) is 0.212. The summed E-state index contributed by atoms with van der Waals surface area (Å²) in [5.74, 6) is 0.248. The lowest BCUT2D eigenvalue weighted by atomic mass is 10.2. The molecule has 0 aliphatic carbocycles. The van der Waals surface area contributed by atoms with Crippen LogP contribution in [0.15, 0.2) is 47.4 Å². The van der Waals surface area contributed by atoms with E-state index >= 15 is 0 Å². The smallest absolute Gasteiger partial charge is 0.274 e. The van der Waals surface area contributed by atoms with E-state index in [1.807, 2.05) is 0 Å². The predicted octanol–water partition coefficient (Wildman–Crippen LogP) is 3.05. The number of amides is 1. The Morgan fingerprint density at radius 1 is 1.13 bits per heavy atom. The number of hydrogen-bond donors (Lipinski definition) is 1. The number of likely N-dealkylation sites (tertiary alicyclic amines) is 1. The molecule has 1 aliphatic rings. The Morgan fingerprint density at radius 3 is 2.44 bits per heavy atom. The fraction of sp³-hybridized carbons (Fsp3) is 0.360. The third-order valence-electron chi connectivity index (χ3n) is 6.21. The number of methoxy groups -OCH3 is 2. The first-order valence-electron chi connectivity index (χ1n) is 12.1. The van der Waals surface area contributed by atoms with Gasteiger partial charge >= 0.3 is 0 Å². The van der Waals surface area contributed by atoms with E-state index in [9.17, 15) is 23.3 Å². The second-order valence-corrected chi connectivity index (χ2v) is 10.5. The van der Waals surface area contributed by atoms with Gasteiger partial charge in [0.05, 0.1) is 24.3 Å². The number of sulfonamides is 1. The van der Waals surface area contributed by atoms with Crippen molar-refractivity contribution in [1.82, 2.24) is 19.4 Å². The molecule has 3 aromatic rings. The standard InChI is InChI=1S/C25H29N5O8S/c1-17-23(24(31)28-13-4-5-14-28)27-29(18-6-9-20(37-3)10-7-18)25(17)38-21-11-8-19(30(32)33)16-22(21)39(34,35)26-12-15-36-2/h6-11,16,26H,4-5,12-15H2,1-3H3. The van der Waals surface area contributed by atoms with Crippen LogP contribution in [-0.4, -0.2) is 74.4 Å². The van der Waals surface area contributed by atoms with Crippen molar-refractivity contribution in [2.24, 2.45) is 0 Å². The summed E-state index contributed by atoms with van der Waals surface area (Å²) in [4.78, 5) is 25.3. The highest BCUT2D eigenvalue weighted by molar-refractivity contribution is 7.89. The maximum Gasteiger partial charge on any atom is 0.274 e. The molecule has 1 amide bonds. The third kappa shape index (κ3) is 6.02. The van der Waals surface area contributed by atoms with Crippen molar-refractivity contribution >= 4 is 21.6 Å². The van der Waals surface area contributed by atoms with Crippen LogP contribution in [0.3, 0.4) is 0 Å². The van der Waals surface area contributed by atoms with Gasteiger partial charge in [0.1, 0.15) is 16.4 Å². The van der Waals surface area contributed by atoms with E-state index < -0.39 is 25.5 Å². The van der Waals surface area contributed by atoms with Crippen LogP contribution in [0.5, 0.6) is 17.4 Å². The number of ether oxygens (including phenoxy) is 3. The van der Waals surface area contributed by atoms with Crippen LogP contribution >= 0.6 is 0 Å². The summed E-state index contributed by atoms with van der Waals surface area (Å²) in [5.41, 5.74) is 0.641. The number of nitrogens with zero attached hydrogens (tertiary/aromatic N) is 4. The molecule has 2 aromatic carbocycles. The van der Waals surface area contributed by atoms with Gasteiger partial charge in [0.25, 0.3) is 11.6 Å². The Labute approximate surface area is 225 Å². The predicted molar refractivity (Wildman–Crippen MR) is 140 cm³/mol. The summed E-state index contributed by atoms with van der Waals surface area (Å²) >= 11 is 0. The molecule has 1 saturated heterocycles. The summed E-state index contributed by atoms with van der Waals surface area (Å²) in [6.45, 7) is 2.92. The third-order valence-corrected chi connectivity index (χ3v) is 7.70. The summed E-state index contributed by atoms with van der Waals surface area (Å²) in [6, 6.07) is 10.1. The molecular weight excluding hydrogens is 530 g/mol. The number of nitrogens with one attached hydrogen (secondary N) is 1. The van der Waals surface area contributed by atoms with Crippen LogP contribution in [-0.2, 0) is 14.8 Å². The first kappa shape index (κ1) is 28.0. The van der Waals surface area contributed by atoms with E-state index in [4.69, 9.17) is 14.2 Å². The Bertz CT molecular complexity index is 1460. The van der Waals surface area contributed by atoms with Crippen molar-refractivity contribution < 1.29 is 32.3 Å². The topological polar surface area (TPSA) is 155 Å². The van der Waals surface area contributed by atoms with Crippen molar-refractivity contribution in [3.8, 4) is 23.1 Å². The number of aromatic nitrogens is 2. The van der Waals surface area contributed by atoms with Crippen molar-refractivity contribution in [3.63, 3.8) is 0 Å². The molecule has 0 radical (unpaired) electrons. The Hall–Kier alpha value is -4.01. The van der Waals surface area contributed by atoms with Crippen LogP contribution in [0.25, 0.3) is 5.69 Å². The minimum Gasteiger partial charge on any atom is -0.497 e. The van der Waals surface area contributed by atoms with Crippen molar-refractivity contribution in [2.45, 2.75) is 24.7 Å². The first-order valence-corrected chi connectivity index (χ1v) is 13.6. The van der Waals surface area contributed by atoms with Gasteiger partial charge in [-0.2, -0.15) is 9.78 Å². The monoisotopic (exact) mass is 559 g/mol. The molecule has 1 aromatic heterocycles. The number of rotatable bonds is 11. The average Bonchev–Trinajstić information content (AvgIpc) is 3.57. The fourth-order valence-corrected chi connectivity index (χ4v) is 5.29. The zero-order valence-electron chi connectivity index (χ0n) is 21.7. The van der Waals surface area contributed by atoms with E-state index in [0.29, 0.717) is 30.1 Å². The number of carbonyl (C=O) groups is 1. The molecular formula is C25H29N5O8S. The van der Waals surface area contributed by atoms with Gasteiger partial charge in [-0.25, -0.2) is 13.1 Å². The number of carbonyl (C=O) groups excluding carboxylic acids is 1. The van der Waals surface area contributed by atoms with Gasteiger partial charge in [0, 0.05) is 44.4 Å². The van der Waals surface area contributed by atoms with Crippen LogP contribution in [0.2, 0.25) is 0 Å². The molecule has 1 N–H and O–H groups in total. The SMILES string of the molecule is COCCNS(=O)(=O)c1cc([N+](=O)[O-])ccc1Oc1c(C)c(C(=O)N2CCCC2)nn1-c1ccc(OC)cc1. The normalized spacial score (nSPS) is 13.5. The van der Waals surface area contributed by atoms with E-state index in [1.165, 1.54) is 25.0 Å². The van der Waals surface area contributed by atoms with Crippen LogP contribution in [0.4, 0.5) is 5.69 Å². The number of nitro groups is 1. The molecule has 208 valence electrons. The maximum atomic E-state index is 13.3. The minimum atomic E-state index is -4.24. The number of nitro benzene ring substituents is 1. The van der Waals surface area contributed by atoms with Crippen molar-refractivity contribution in [3.05, 3.63) is 63.8 Å². The molecule has 4 rings (SSSR count). The molecule has 2 heterocycles. The van der Waals surface area contributed by atoms with Crippen LogP contribution < -0.4 is 14.2 Å². The average molecular weight is 560 g/mol. The van der Waals surface area contributed by atoms with E-state index in [0.717, 1.165) is 25.0 Å². The zero-order valence-corrected chi connectivity index (χ0v) is 22.6. The van der Waals surface area contributed by atoms with Gasteiger partial charge in [-0.15, -0.1) is 0 Å². The van der Waals surface area contributed by atoms with Gasteiger partial charge in [-0.05, 0) is 50.1 Å². The Morgan fingerprint density at radius 2 is 1.82 bits per heavy atom. The summed E-state index contributed by atoms with van der Waals surface area (Å²) in [6.07, 6.45) is 1.79. The molecule has 13 nitrogen and oxygen atoms in total. The molecule has 0 bridgehead atoms. The fourth-order valence-electron chi connectivity index (χ4n) is 4.14. The lowest BCUT2D eigenvalue weighted by molar-refractivity contribution is -0.385. The van der Waals surface area contributed by atoms with Crippen molar-refractivity contribution in [2.75, 3.05) is 40.5 Å². The van der Waals surface area contributed by atoms with E-state index in [2.05, 4.69) is 9.82 Å².